The van der Waals surface area contributed by atoms with Gasteiger partial charge in [-0.3, -0.25) is 9.59 Å². The number of nitrogens with one attached hydrogen (secondary N) is 1. The Balaban J connectivity index is 1.44. The van der Waals surface area contributed by atoms with Gasteiger partial charge >= 0.3 is 5.97 Å². The molecule has 2 heterocycles. The van der Waals surface area contributed by atoms with Gasteiger partial charge in [0.1, 0.15) is 5.82 Å². The van der Waals surface area contributed by atoms with Crippen molar-refractivity contribution in [2.75, 3.05) is 6.54 Å². The van der Waals surface area contributed by atoms with E-state index in [1.807, 2.05) is 0 Å². The second-order valence-electron chi connectivity index (χ2n) is 5.62. The Morgan fingerprint density at radius 1 is 1.33 bits per heavy atom. The molecule has 0 spiro atoms. The Hall–Kier alpha value is -3.07. The van der Waals surface area contributed by atoms with Crippen LogP contribution in [-0.2, 0) is 16.1 Å². The summed E-state index contributed by atoms with van der Waals surface area (Å²) >= 11 is 1.32. The molecule has 1 N–H and O–H groups in total. The van der Waals surface area contributed by atoms with Crippen LogP contribution in [-0.4, -0.2) is 28.6 Å². The molecule has 1 amide bonds. The van der Waals surface area contributed by atoms with E-state index in [1.54, 1.807) is 36.6 Å². The molecule has 140 valence electrons. The molecule has 1 aromatic carbocycles. The van der Waals surface area contributed by atoms with Crippen molar-refractivity contribution in [2.24, 2.45) is 0 Å². The van der Waals surface area contributed by atoms with Gasteiger partial charge in [0.2, 0.25) is 5.82 Å². The van der Waals surface area contributed by atoms with Gasteiger partial charge in [0.15, 0.2) is 6.61 Å². The van der Waals surface area contributed by atoms with Crippen molar-refractivity contribution < 1.29 is 23.2 Å². The molecule has 9 heteroatoms. The summed E-state index contributed by atoms with van der Waals surface area (Å²) in [5.41, 5.74) is 0.985. The van der Waals surface area contributed by atoms with Crippen LogP contribution >= 0.6 is 11.3 Å². The fraction of sp³-hybridized carbons (Fsp3) is 0.222. The molecule has 27 heavy (non-hydrogen) atoms. The zero-order valence-electron chi connectivity index (χ0n) is 14.4. The van der Waals surface area contributed by atoms with Crippen LogP contribution in [0.1, 0.15) is 27.5 Å². The number of amides is 1. The minimum atomic E-state index is -0.511. The zero-order chi connectivity index (χ0) is 19.2. The average molecular weight is 389 g/mol. The molecular formula is C18H16FN3O4S. The molecule has 3 rings (SSSR count). The third kappa shape index (κ3) is 4.98. The molecule has 0 unspecified atom stereocenters. The molecule has 0 saturated heterocycles. The Bertz CT molecular complexity index is 940. The second kappa shape index (κ2) is 8.54. The van der Waals surface area contributed by atoms with Crippen molar-refractivity contribution in [3.05, 3.63) is 57.9 Å². The maximum Gasteiger partial charge on any atom is 0.308 e. The molecule has 0 aliphatic carbocycles. The van der Waals surface area contributed by atoms with Crippen molar-refractivity contribution >= 4 is 23.2 Å². The molecule has 2 aromatic heterocycles. The average Bonchev–Trinajstić information content (AvgIpc) is 3.34. The van der Waals surface area contributed by atoms with E-state index in [1.165, 1.54) is 17.4 Å². The first-order valence-corrected chi connectivity index (χ1v) is 8.97. The highest BCUT2D eigenvalue weighted by atomic mass is 32.1. The SMILES string of the molecule is Cc1ccc(-c2noc(COC(=O)CCNC(=O)c3cccs3)n2)cc1F. The minimum absolute atomic E-state index is 0.0152. The molecule has 3 aromatic rings. The predicted molar refractivity (Wildman–Crippen MR) is 95.5 cm³/mol. The van der Waals surface area contributed by atoms with Gasteiger partial charge in [-0.05, 0) is 30.0 Å². The van der Waals surface area contributed by atoms with E-state index in [-0.39, 0.29) is 43.0 Å². The quantitative estimate of drug-likeness (QED) is 0.624. The lowest BCUT2D eigenvalue weighted by atomic mass is 10.1. The van der Waals surface area contributed by atoms with E-state index >= 15 is 0 Å². The third-order valence-corrected chi connectivity index (χ3v) is 4.48. The Morgan fingerprint density at radius 3 is 2.93 bits per heavy atom. The number of nitrogens with zero attached hydrogens (tertiary/aromatic N) is 2. The van der Waals surface area contributed by atoms with Crippen molar-refractivity contribution in [3.8, 4) is 11.4 Å². The summed E-state index contributed by atoms with van der Waals surface area (Å²) in [5, 5.41) is 8.18. The van der Waals surface area contributed by atoms with Gasteiger partial charge in [0, 0.05) is 12.1 Å². The number of aromatic nitrogens is 2. The Morgan fingerprint density at radius 2 is 2.19 bits per heavy atom. The number of halogens is 1. The number of carbonyl (C=O) groups is 2. The van der Waals surface area contributed by atoms with Gasteiger partial charge in [-0.25, -0.2) is 4.39 Å². The topological polar surface area (TPSA) is 94.3 Å². The van der Waals surface area contributed by atoms with Crippen LogP contribution in [0.2, 0.25) is 0 Å². The largest absolute Gasteiger partial charge is 0.456 e. The maximum atomic E-state index is 13.6. The molecule has 0 atom stereocenters. The van der Waals surface area contributed by atoms with Gasteiger partial charge in [0.25, 0.3) is 11.8 Å². The lowest BCUT2D eigenvalue weighted by Crippen LogP contribution is -2.25. The zero-order valence-corrected chi connectivity index (χ0v) is 15.2. The van der Waals surface area contributed by atoms with Gasteiger partial charge in [0.05, 0.1) is 11.3 Å². The lowest BCUT2D eigenvalue weighted by Gasteiger charge is -2.03. The number of ether oxygens (including phenoxy) is 1. The van der Waals surface area contributed by atoms with Gasteiger partial charge in [-0.15, -0.1) is 11.3 Å². The highest BCUT2D eigenvalue weighted by Gasteiger charge is 2.13. The number of aryl methyl sites for hydroxylation is 1. The van der Waals surface area contributed by atoms with Gasteiger partial charge < -0.3 is 14.6 Å². The summed E-state index contributed by atoms with van der Waals surface area (Å²) in [7, 11) is 0. The van der Waals surface area contributed by atoms with Crippen molar-refractivity contribution in [3.63, 3.8) is 0 Å². The normalized spacial score (nSPS) is 10.6. The van der Waals surface area contributed by atoms with E-state index in [9.17, 15) is 14.0 Å². The number of esters is 1. The number of hydrogen-bond donors (Lipinski definition) is 1. The molecule has 0 saturated carbocycles. The summed E-state index contributed by atoms with van der Waals surface area (Å²) < 4.78 is 23.6. The fourth-order valence-electron chi connectivity index (χ4n) is 2.15. The van der Waals surface area contributed by atoms with Crippen molar-refractivity contribution in [1.29, 1.82) is 0 Å². The van der Waals surface area contributed by atoms with Crippen molar-refractivity contribution in [1.82, 2.24) is 15.5 Å². The maximum absolute atomic E-state index is 13.6. The summed E-state index contributed by atoms with van der Waals surface area (Å²) in [6.07, 6.45) is 0.0152. The summed E-state index contributed by atoms with van der Waals surface area (Å²) in [4.78, 5) is 28.1. The highest BCUT2D eigenvalue weighted by Crippen LogP contribution is 2.19. The monoisotopic (exact) mass is 389 g/mol. The summed E-state index contributed by atoms with van der Waals surface area (Å²) in [6.45, 7) is 1.62. The number of hydrogen-bond acceptors (Lipinski definition) is 7. The predicted octanol–water partition coefficient (Wildman–Crippen LogP) is 3.11. The van der Waals surface area contributed by atoms with E-state index in [0.29, 0.717) is 16.0 Å². The Labute approximate surface area is 158 Å². The number of benzene rings is 1. The summed E-state index contributed by atoms with van der Waals surface area (Å²) in [5.74, 6) is -0.799. The molecule has 0 radical (unpaired) electrons. The van der Waals surface area contributed by atoms with Crippen LogP contribution in [0.4, 0.5) is 4.39 Å². The van der Waals surface area contributed by atoms with E-state index in [2.05, 4.69) is 15.5 Å². The van der Waals surface area contributed by atoms with E-state index in [4.69, 9.17) is 9.26 Å². The first-order valence-electron chi connectivity index (χ1n) is 8.09. The molecule has 0 aliphatic heterocycles. The van der Waals surface area contributed by atoms with Crippen LogP contribution < -0.4 is 5.32 Å². The first kappa shape index (κ1) is 18.7. The third-order valence-electron chi connectivity index (χ3n) is 3.61. The smallest absolute Gasteiger partial charge is 0.308 e. The van der Waals surface area contributed by atoms with Gasteiger partial charge in [-0.1, -0.05) is 23.4 Å². The highest BCUT2D eigenvalue weighted by molar-refractivity contribution is 7.12. The molecular weight excluding hydrogens is 373 g/mol. The second-order valence-corrected chi connectivity index (χ2v) is 6.57. The Kier molecular flexibility index (Phi) is 5.92. The first-order chi connectivity index (χ1) is 13.0. The number of thiophene rings is 1. The minimum Gasteiger partial charge on any atom is -0.456 e. The molecule has 0 bridgehead atoms. The number of carbonyl (C=O) groups excluding carboxylic acids is 2. The van der Waals surface area contributed by atoms with E-state index in [0.717, 1.165) is 0 Å². The molecule has 0 aliphatic rings. The van der Waals surface area contributed by atoms with Crippen LogP contribution in [0.5, 0.6) is 0 Å². The standard InChI is InChI=1S/C18H16FN3O4S/c1-11-4-5-12(9-13(11)19)17-21-15(26-22-17)10-25-16(23)6-7-20-18(24)14-3-2-8-27-14/h2-5,8-9H,6-7,10H2,1H3,(H,20,24). The number of rotatable bonds is 7. The van der Waals surface area contributed by atoms with Crippen LogP contribution in [0, 0.1) is 12.7 Å². The van der Waals surface area contributed by atoms with Crippen LogP contribution in [0.15, 0.2) is 40.2 Å². The van der Waals surface area contributed by atoms with Crippen LogP contribution in [0.25, 0.3) is 11.4 Å². The fourth-order valence-corrected chi connectivity index (χ4v) is 2.79. The van der Waals surface area contributed by atoms with Gasteiger partial charge in [-0.2, -0.15) is 4.98 Å². The summed E-state index contributed by atoms with van der Waals surface area (Å²) in [6, 6.07) is 8.08. The van der Waals surface area contributed by atoms with Crippen molar-refractivity contribution in [2.45, 2.75) is 20.0 Å². The molecule has 0 fully saturated rings. The van der Waals surface area contributed by atoms with Crippen LogP contribution in [0.3, 0.4) is 0 Å². The van der Waals surface area contributed by atoms with E-state index < -0.39 is 5.97 Å². The molecule has 7 nitrogen and oxygen atoms in total. The lowest BCUT2D eigenvalue weighted by molar-refractivity contribution is -0.145.